The first-order valence-electron chi connectivity index (χ1n) is 4.38. The van der Waals surface area contributed by atoms with E-state index in [9.17, 15) is 0 Å². The van der Waals surface area contributed by atoms with Crippen LogP contribution >= 0.6 is 0 Å². The van der Waals surface area contributed by atoms with Gasteiger partial charge in [0, 0.05) is 0 Å². The first kappa shape index (κ1) is 8.57. The number of hydrogen-bond acceptors (Lipinski definition) is 3. The van der Waals surface area contributed by atoms with Crippen molar-refractivity contribution in [1.82, 2.24) is 10.2 Å². The third kappa shape index (κ3) is 1.19. The van der Waals surface area contributed by atoms with Crippen LogP contribution in [0, 0.1) is 11.3 Å². The molecule has 1 N–H and O–H groups in total. The maximum absolute atomic E-state index is 8.97. The summed E-state index contributed by atoms with van der Waals surface area (Å²) >= 11 is 0. The predicted octanol–water partition coefficient (Wildman–Crippen LogP) is 2.10. The van der Waals surface area contributed by atoms with E-state index in [2.05, 4.69) is 16.3 Å². The molecule has 0 aliphatic heterocycles. The molecular weight excluding hydrogens is 178 g/mol. The normalized spacial score (nSPS) is 10.0. The number of hydrogen-bond donors (Lipinski definition) is 1. The van der Waals surface area contributed by atoms with Gasteiger partial charge in [0.2, 0.25) is 0 Å². The quantitative estimate of drug-likeness (QED) is 0.782. The van der Waals surface area contributed by atoms with E-state index in [-0.39, 0.29) is 0 Å². The Hall–Kier alpha value is -2.02. The summed E-state index contributed by atoms with van der Waals surface area (Å²) in [5.41, 5.74) is 2.01. The third-order valence-corrected chi connectivity index (χ3v) is 2.06. The van der Waals surface area contributed by atoms with E-state index in [0.29, 0.717) is 17.0 Å². The number of nitriles is 1. The SMILES string of the molecule is CCc1[nH]nc(-c2ccco2)c1C#N. The molecule has 2 aromatic heterocycles. The standard InChI is InChI=1S/C10H9N3O/c1-2-8-7(6-11)10(13-12-8)9-4-3-5-14-9/h3-5H,2H2,1H3,(H,12,13). The molecule has 0 unspecified atom stereocenters. The van der Waals surface area contributed by atoms with Gasteiger partial charge in [0.15, 0.2) is 5.76 Å². The lowest BCUT2D eigenvalue weighted by Crippen LogP contribution is -1.84. The second-order valence-corrected chi connectivity index (χ2v) is 2.87. The van der Waals surface area contributed by atoms with Crippen LogP contribution < -0.4 is 0 Å². The summed E-state index contributed by atoms with van der Waals surface area (Å²) in [5, 5.41) is 15.9. The Labute approximate surface area is 81.2 Å². The minimum Gasteiger partial charge on any atom is -0.463 e. The number of rotatable bonds is 2. The summed E-state index contributed by atoms with van der Waals surface area (Å²) in [5.74, 6) is 0.623. The second kappa shape index (κ2) is 3.38. The molecule has 0 bridgehead atoms. The molecule has 2 aromatic rings. The van der Waals surface area contributed by atoms with Gasteiger partial charge in [-0.2, -0.15) is 10.4 Å². The fraction of sp³-hybridized carbons (Fsp3) is 0.200. The van der Waals surface area contributed by atoms with Crippen molar-refractivity contribution in [2.45, 2.75) is 13.3 Å². The zero-order chi connectivity index (χ0) is 9.97. The minimum absolute atomic E-state index is 0.572. The molecule has 14 heavy (non-hydrogen) atoms. The van der Waals surface area contributed by atoms with Crippen LogP contribution in [-0.4, -0.2) is 10.2 Å². The Morgan fingerprint density at radius 3 is 3.07 bits per heavy atom. The Kier molecular flexibility index (Phi) is 2.07. The molecule has 0 saturated carbocycles. The van der Waals surface area contributed by atoms with Crippen molar-refractivity contribution in [2.24, 2.45) is 0 Å². The summed E-state index contributed by atoms with van der Waals surface area (Å²) in [4.78, 5) is 0. The summed E-state index contributed by atoms with van der Waals surface area (Å²) < 4.78 is 5.19. The van der Waals surface area contributed by atoms with E-state index in [4.69, 9.17) is 9.68 Å². The van der Waals surface area contributed by atoms with Crippen LogP contribution in [0.3, 0.4) is 0 Å². The molecule has 2 heterocycles. The van der Waals surface area contributed by atoms with Crippen molar-refractivity contribution in [1.29, 1.82) is 5.26 Å². The monoisotopic (exact) mass is 187 g/mol. The maximum atomic E-state index is 8.97. The van der Waals surface area contributed by atoms with Gasteiger partial charge in [0.1, 0.15) is 17.3 Å². The average Bonchev–Trinajstić information content (AvgIpc) is 2.85. The number of aromatic amines is 1. The van der Waals surface area contributed by atoms with Gasteiger partial charge < -0.3 is 4.42 Å². The highest BCUT2D eigenvalue weighted by molar-refractivity contribution is 5.62. The molecule has 0 amide bonds. The van der Waals surface area contributed by atoms with Gasteiger partial charge in [-0.25, -0.2) is 0 Å². The molecule has 0 aliphatic carbocycles. The van der Waals surface area contributed by atoms with Crippen molar-refractivity contribution in [3.63, 3.8) is 0 Å². The summed E-state index contributed by atoms with van der Waals surface area (Å²) in [7, 11) is 0. The van der Waals surface area contributed by atoms with E-state index in [1.807, 2.05) is 6.92 Å². The first-order valence-corrected chi connectivity index (χ1v) is 4.38. The molecule has 0 spiro atoms. The highest BCUT2D eigenvalue weighted by Gasteiger charge is 2.14. The van der Waals surface area contributed by atoms with Gasteiger partial charge >= 0.3 is 0 Å². The van der Waals surface area contributed by atoms with Crippen LogP contribution in [0.4, 0.5) is 0 Å². The van der Waals surface area contributed by atoms with E-state index < -0.39 is 0 Å². The molecule has 0 saturated heterocycles. The topological polar surface area (TPSA) is 65.6 Å². The predicted molar refractivity (Wildman–Crippen MR) is 50.4 cm³/mol. The van der Waals surface area contributed by atoms with Crippen LogP contribution in [0.1, 0.15) is 18.2 Å². The van der Waals surface area contributed by atoms with E-state index in [1.165, 1.54) is 0 Å². The smallest absolute Gasteiger partial charge is 0.155 e. The number of furan rings is 1. The highest BCUT2D eigenvalue weighted by atomic mass is 16.3. The highest BCUT2D eigenvalue weighted by Crippen LogP contribution is 2.23. The number of H-pyrrole nitrogens is 1. The number of aryl methyl sites for hydroxylation is 1. The Morgan fingerprint density at radius 1 is 1.64 bits per heavy atom. The van der Waals surface area contributed by atoms with Crippen molar-refractivity contribution >= 4 is 0 Å². The molecule has 0 radical (unpaired) electrons. The van der Waals surface area contributed by atoms with Crippen molar-refractivity contribution in [2.75, 3.05) is 0 Å². The lowest BCUT2D eigenvalue weighted by Gasteiger charge is -1.91. The summed E-state index contributed by atoms with van der Waals surface area (Å²) in [6.07, 6.45) is 2.33. The largest absolute Gasteiger partial charge is 0.463 e. The molecule has 70 valence electrons. The summed E-state index contributed by atoms with van der Waals surface area (Å²) in [6.45, 7) is 1.97. The van der Waals surface area contributed by atoms with Crippen molar-refractivity contribution in [3.05, 3.63) is 29.7 Å². The van der Waals surface area contributed by atoms with Crippen molar-refractivity contribution < 1.29 is 4.42 Å². The fourth-order valence-corrected chi connectivity index (χ4v) is 1.35. The molecule has 0 fully saturated rings. The van der Waals surface area contributed by atoms with Gasteiger partial charge in [-0.05, 0) is 18.6 Å². The molecule has 4 heteroatoms. The average molecular weight is 187 g/mol. The number of nitrogens with one attached hydrogen (secondary N) is 1. The van der Waals surface area contributed by atoms with Gasteiger partial charge in [0.05, 0.1) is 12.0 Å². The Morgan fingerprint density at radius 2 is 2.50 bits per heavy atom. The zero-order valence-corrected chi connectivity index (χ0v) is 7.74. The molecule has 0 aliphatic rings. The number of nitrogens with zero attached hydrogens (tertiary/aromatic N) is 2. The third-order valence-electron chi connectivity index (χ3n) is 2.06. The second-order valence-electron chi connectivity index (χ2n) is 2.87. The summed E-state index contributed by atoms with van der Waals surface area (Å²) in [6, 6.07) is 5.69. The van der Waals surface area contributed by atoms with Crippen LogP contribution in [-0.2, 0) is 6.42 Å². The molecule has 0 aromatic carbocycles. The number of aromatic nitrogens is 2. The fourth-order valence-electron chi connectivity index (χ4n) is 1.35. The molecular formula is C10H9N3O. The minimum atomic E-state index is 0.572. The van der Waals surface area contributed by atoms with Crippen molar-refractivity contribution in [3.8, 4) is 17.5 Å². The Balaban J connectivity index is 2.56. The van der Waals surface area contributed by atoms with Crippen LogP contribution in [0.15, 0.2) is 22.8 Å². The molecule has 2 rings (SSSR count). The maximum Gasteiger partial charge on any atom is 0.155 e. The lowest BCUT2D eigenvalue weighted by atomic mass is 10.1. The lowest BCUT2D eigenvalue weighted by molar-refractivity contribution is 0.579. The van der Waals surface area contributed by atoms with E-state index >= 15 is 0 Å². The first-order chi connectivity index (χ1) is 6.86. The Bertz CT molecular complexity index is 462. The van der Waals surface area contributed by atoms with E-state index in [1.54, 1.807) is 18.4 Å². The van der Waals surface area contributed by atoms with E-state index in [0.717, 1.165) is 12.1 Å². The van der Waals surface area contributed by atoms with Gasteiger partial charge in [-0.1, -0.05) is 6.92 Å². The van der Waals surface area contributed by atoms with Crippen LogP contribution in [0.5, 0.6) is 0 Å². The molecule has 4 nitrogen and oxygen atoms in total. The van der Waals surface area contributed by atoms with Crippen LogP contribution in [0.2, 0.25) is 0 Å². The van der Waals surface area contributed by atoms with Gasteiger partial charge in [-0.3, -0.25) is 5.10 Å². The molecule has 0 atom stereocenters. The van der Waals surface area contributed by atoms with Gasteiger partial charge in [-0.15, -0.1) is 0 Å². The van der Waals surface area contributed by atoms with Crippen LogP contribution in [0.25, 0.3) is 11.5 Å². The zero-order valence-electron chi connectivity index (χ0n) is 7.74. The van der Waals surface area contributed by atoms with Gasteiger partial charge in [0.25, 0.3) is 0 Å².